The monoisotopic (exact) mass is 573 g/mol. The summed E-state index contributed by atoms with van der Waals surface area (Å²) in [6.07, 6.45) is 0. The van der Waals surface area contributed by atoms with Crippen molar-refractivity contribution in [1.82, 2.24) is 0 Å². The maximum atomic E-state index is 2.38. The second-order valence-electron chi connectivity index (χ2n) is 11.3. The number of benzene rings is 8. The van der Waals surface area contributed by atoms with Gasteiger partial charge in [-0.2, -0.15) is 0 Å². The van der Waals surface area contributed by atoms with Crippen LogP contribution in [0.2, 0.25) is 0 Å². The van der Waals surface area contributed by atoms with Crippen LogP contribution in [0.3, 0.4) is 0 Å². The van der Waals surface area contributed by atoms with E-state index in [9.17, 15) is 0 Å². The van der Waals surface area contributed by atoms with Gasteiger partial charge in [0.05, 0.1) is 0 Å². The zero-order chi connectivity index (χ0) is 30.0. The lowest BCUT2D eigenvalue weighted by Gasteiger charge is -2.25. The first-order valence-electron chi connectivity index (χ1n) is 15.5. The molecule has 0 aliphatic carbocycles. The predicted octanol–water partition coefficient (Wildman–Crippen LogP) is 12.5. The SMILES string of the molecule is c1ccc(-c2c(-c3ccccc3)c3ccc(-c4ccc(N(c5ccccc5)c5ccccc5)cc4)cc3c3ccccc23)cc1. The molecular weight excluding hydrogens is 542 g/mol. The van der Waals surface area contributed by atoms with E-state index in [1.807, 2.05) is 0 Å². The molecule has 0 aliphatic rings. The van der Waals surface area contributed by atoms with E-state index in [2.05, 4.69) is 193 Å². The Morgan fingerprint density at radius 1 is 0.244 bits per heavy atom. The zero-order valence-corrected chi connectivity index (χ0v) is 24.8. The molecule has 212 valence electrons. The van der Waals surface area contributed by atoms with Gasteiger partial charge in [-0.05, 0) is 97.4 Å². The Labute approximate surface area is 264 Å². The summed E-state index contributed by atoms with van der Waals surface area (Å²) in [7, 11) is 0. The molecule has 0 heterocycles. The third-order valence-electron chi connectivity index (χ3n) is 8.64. The van der Waals surface area contributed by atoms with Gasteiger partial charge in [-0.1, -0.05) is 146 Å². The highest BCUT2D eigenvalue weighted by atomic mass is 15.1. The molecule has 8 rings (SSSR count). The molecule has 8 aromatic carbocycles. The highest BCUT2D eigenvalue weighted by Gasteiger charge is 2.18. The second kappa shape index (κ2) is 11.6. The van der Waals surface area contributed by atoms with Crippen LogP contribution in [0.15, 0.2) is 188 Å². The molecular formula is C44H31N. The topological polar surface area (TPSA) is 3.24 Å². The van der Waals surface area contributed by atoms with Crippen molar-refractivity contribution < 1.29 is 0 Å². The normalized spacial score (nSPS) is 11.1. The molecule has 1 nitrogen and oxygen atoms in total. The minimum atomic E-state index is 1.13. The number of anilines is 3. The highest BCUT2D eigenvalue weighted by molar-refractivity contribution is 6.22. The lowest BCUT2D eigenvalue weighted by atomic mass is 9.84. The summed E-state index contributed by atoms with van der Waals surface area (Å²) in [5.74, 6) is 0. The molecule has 0 aromatic heterocycles. The van der Waals surface area contributed by atoms with Crippen molar-refractivity contribution in [3.05, 3.63) is 188 Å². The molecule has 0 N–H and O–H groups in total. The number of hydrogen-bond acceptors (Lipinski definition) is 1. The first kappa shape index (κ1) is 26.7. The van der Waals surface area contributed by atoms with Crippen LogP contribution in [-0.4, -0.2) is 0 Å². The number of nitrogens with zero attached hydrogens (tertiary/aromatic N) is 1. The summed E-state index contributed by atoms with van der Waals surface area (Å²) >= 11 is 0. The van der Waals surface area contributed by atoms with Crippen LogP contribution < -0.4 is 4.90 Å². The number of para-hydroxylation sites is 2. The summed E-state index contributed by atoms with van der Waals surface area (Å²) in [5.41, 5.74) is 10.8. The highest BCUT2D eigenvalue weighted by Crippen LogP contribution is 2.45. The lowest BCUT2D eigenvalue weighted by Crippen LogP contribution is -2.09. The van der Waals surface area contributed by atoms with Crippen LogP contribution in [0.1, 0.15) is 0 Å². The first-order chi connectivity index (χ1) is 22.3. The van der Waals surface area contributed by atoms with Crippen molar-refractivity contribution in [2.75, 3.05) is 4.90 Å². The van der Waals surface area contributed by atoms with Gasteiger partial charge in [0.2, 0.25) is 0 Å². The maximum Gasteiger partial charge on any atom is 0.0462 e. The van der Waals surface area contributed by atoms with Gasteiger partial charge in [0, 0.05) is 17.1 Å². The van der Waals surface area contributed by atoms with Gasteiger partial charge < -0.3 is 4.90 Å². The Morgan fingerprint density at radius 3 is 1.18 bits per heavy atom. The fraction of sp³-hybridized carbons (Fsp3) is 0. The Morgan fingerprint density at radius 2 is 0.644 bits per heavy atom. The molecule has 8 aromatic rings. The fourth-order valence-corrected chi connectivity index (χ4v) is 6.58. The van der Waals surface area contributed by atoms with Gasteiger partial charge in [0.1, 0.15) is 0 Å². The molecule has 45 heavy (non-hydrogen) atoms. The molecule has 0 amide bonds. The van der Waals surface area contributed by atoms with E-state index in [1.54, 1.807) is 0 Å². The van der Waals surface area contributed by atoms with Crippen LogP contribution in [0.5, 0.6) is 0 Å². The van der Waals surface area contributed by atoms with E-state index >= 15 is 0 Å². The number of hydrogen-bond donors (Lipinski definition) is 0. The van der Waals surface area contributed by atoms with Gasteiger partial charge in [0.15, 0.2) is 0 Å². The largest absolute Gasteiger partial charge is 0.311 e. The van der Waals surface area contributed by atoms with Crippen molar-refractivity contribution in [3.8, 4) is 33.4 Å². The molecule has 0 atom stereocenters. The van der Waals surface area contributed by atoms with Gasteiger partial charge >= 0.3 is 0 Å². The fourth-order valence-electron chi connectivity index (χ4n) is 6.58. The quantitative estimate of drug-likeness (QED) is 0.179. The Hall–Kier alpha value is -5.92. The van der Waals surface area contributed by atoms with E-state index in [-0.39, 0.29) is 0 Å². The van der Waals surface area contributed by atoms with Crippen LogP contribution in [0.4, 0.5) is 17.1 Å². The molecule has 0 spiro atoms. The first-order valence-corrected chi connectivity index (χ1v) is 15.5. The van der Waals surface area contributed by atoms with Crippen molar-refractivity contribution in [3.63, 3.8) is 0 Å². The van der Waals surface area contributed by atoms with Crippen LogP contribution in [0, 0.1) is 0 Å². The van der Waals surface area contributed by atoms with Gasteiger partial charge in [-0.3, -0.25) is 0 Å². The van der Waals surface area contributed by atoms with Gasteiger partial charge in [-0.15, -0.1) is 0 Å². The van der Waals surface area contributed by atoms with Crippen LogP contribution in [0.25, 0.3) is 54.9 Å². The van der Waals surface area contributed by atoms with Gasteiger partial charge in [-0.25, -0.2) is 0 Å². The predicted molar refractivity (Wildman–Crippen MR) is 192 cm³/mol. The molecule has 0 radical (unpaired) electrons. The molecule has 0 bridgehead atoms. The average Bonchev–Trinajstić information content (AvgIpc) is 3.13. The Kier molecular flexibility index (Phi) is 6.90. The number of rotatable bonds is 6. The molecule has 0 saturated heterocycles. The summed E-state index contributed by atoms with van der Waals surface area (Å²) in [5, 5.41) is 5.06. The van der Waals surface area contributed by atoms with E-state index in [0.717, 1.165) is 17.1 Å². The zero-order valence-electron chi connectivity index (χ0n) is 24.8. The van der Waals surface area contributed by atoms with Gasteiger partial charge in [0.25, 0.3) is 0 Å². The van der Waals surface area contributed by atoms with Crippen LogP contribution >= 0.6 is 0 Å². The number of fused-ring (bicyclic) bond motifs is 3. The van der Waals surface area contributed by atoms with E-state index in [1.165, 1.54) is 54.9 Å². The summed E-state index contributed by atoms with van der Waals surface area (Å²) < 4.78 is 0. The molecule has 1 heteroatoms. The minimum absolute atomic E-state index is 1.13. The van der Waals surface area contributed by atoms with Crippen molar-refractivity contribution in [2.45, 2.75) is 0 Å². The lowest BCUT2D eigenvalue weighted by molar-refractivity contribution is 1.28. The Bertz CT molecular complexity index is 2180. The van der Waals surface area contributed by atoms with Crippen molar-refractivity contribution in [1.29, 1.82) is 0 Å². The third kappa shape index (κ3) is 4.95. The smallest absolute Gasteiger partial charge is 0.0462 e. The molecule has 0 fully saturated rings. The average molecular weight is 574 g/mol. The Balaban J connectivity index is 1.30. The van der Waals surface area contributed by atoms with E-state index in [0.29, 0.717) is 0 Å². The molecule has 0 unspecified atom stereocenters. The standard InChI is InChI=1S/C44H31N/c1-5-15-33(16-6-1)43-40-24-14-13-23-39(40)42-31-35(27-30-41(42)44(43)34-17-7-2-8-18-34)32-25-28-38(29-26-32)45(36-19-9-3-10-20-36)37-21-11-4-12-22-37/h1-31H. The maximum absolute atomic E-state index is 2.38. The van der Waals surface area contributed by atoms with Crippen LogP contribution in [-0.2, 0) is 0 Å². The molecule has 0 saturated carbocycles. The van der Waals surface area contributed by atoms with Crippen molar-refractivity contribution >= 4 is 38.6 Å². The third-order valence-corrected chi connectivity index (χ3v) is 8.64. The molecule has 0 aliphatic heterocycles. The van der Waals surface area contributed by atoms with Crippen molar-refractivity contribution in [2.24, 2.45) is 0 Å². The van der Waals surface area contributed by atoms with E-state index < -0.39 is 0 Å². The summed E-state index contributed by atoms with van der Waals surface area (Å²) in [6.45, 7) is 0. The summed E-state index contributed by atoms with van der Waals surface area (Å²) in [6, 6.07) is 67.5. The second-order valence-corrected chi connectivity index (χ2v) is 11.3. The summed E-state index contributed by atoms with van der Waals surface area (Å²) in [4.78, 5) is 2.30. The van der Waals surface area contributed by atoms with E-state index in [4.69, 9.17) is 0 Å². The minimum Gasteiger partial charge on any atom is -0.311 e.